The van der Waals surface area contributed by atoms with Gasteiger partial charge in [0.05, 0.1) is 26.3 Å². The summed E-state index contributed by atoms with van der Waals surface area (Å²) in [5.41, 5.74) is 8.03. The molecule has 0 aliphatic carbocycles. The van der Waals surface area contributed by atoms with E-state index in [9.17, 15) is 0 Å². The maximum atomic E-state index is 6.07. The number of methoxy groups -OCH3 is 2. The van der Waals surface area contributed by atoms with Crippen molar-refractivity contribution in [2.45, 2.75) is 13.5 Å². The summed E-state index contributed by atoms with van der Waals surface area (Å²) < 4.78 is 10.6. The zero-order chi connectivity index (χ0) is 16.4. The highest BCUT2D eigenvalue weighted by atomic mass is 32.1. The van der Waals surface area contributed by atoms with Crippen molar-refractivity contribution in [1.29, 1.82) is 0 Å². The summed E-state index contributed by atoms with van der Waals surface area (Å²) in [5, 5.41) is 6.03. The van der Waals surface area contributed by atoms with Crippen LogP contribution in [0.1, 0.15) is 10.4 Å². The van der Waals surface area contributed by atoms with Gasteiger partial charge in [0, 0.05) is 16.3 Å². The van der Waals surface area contributed by atoms with Gasteiger partial charge in [-0.05, 0) is 30.0 Å². The second-order valence-electron chi connectivity index (χ2n) is 5.04. The fourth-order valence-electron chi connectivity index (χ4n) is 2.30. The minimum Gasteiger partial charge on any atom is -0.493 e. The largest absolute Gasteiger partial charge is 0.493 e. The van der Waals surface area contributed by atoms with Crippen LogP contribution in [0, 0.1) is 6.92 Å². The molecule has 7 heteroatoms. The van der Waals surface area contributed by atoms with Gasteiger partial charge in [0.1, 0.15) is 5.82 Å². The highest BCUT2D eigenvalue weighted by molar-refractivity contribution is 7.10. The molecule has 0 aliphatic heterocycles. The van der Waals surface area contributed by atoms with Gasteiger partial charge in [0.25, 0.3) is 0 Å². The van der Waals surface area contributed by atoms with Gasteiger partial charge in [-0.25, -0.2) is 4.98 Å². The molecule has 0 spiro atoms. The van der Waals surface area contributed by atoms with Crippen LogP contribution in [-0.2, 0) is 6.54 Å². The predicted molar refractivity (Wildman–Crippen MR) is 93.4 cm³/mol. The van der Waals surface area contributed by atoms with E-state index < -0.39 is 0 Å². The predicted octanol–water partition coefficient (Wildman–Crippen LogP) is 3.21. The van der Waals surface area contributed by atoms with E-state index in [4.69, 9.17) is 15.2 Å². The number of rotatable bonds is 5. The number of hydrogen-bond donors (Lipinski definition) is 2. The minimum atomic E-state index is 0.404. The molecule has 0 unspecified atom stereocenters. The van der Waals surface area contributed by atoms with E-state index in [1.165, 1.54) is 10.4 Å². The first-order valence-corrected chi connectivity index (χ1v) is 7.96. The van der Waals surface area contributed by atoms with Gasteiger partial charge in [-0.3, -0.25) is 0 Å². The number of nitrogens with two attached hydrogens (primary N) is 1. The number of nitrogens with zero attached hydrogens (tertiary/aromatic N) is 2. The standard InChI is InChI=1S/C16H18N4O2S/c1-9-4-5-23-14(9)8-18-16-19-11-7-13(22-3)12(21-2)6-10(11)15(17)20-16/h4-7H,8H2,1-3H3,(H3,17,18,19,20). The lowest BCUT2D eigenvalue weighted by atomic mass is 10.2. The van der Waals surface area contributed by atoms with Crippen molar-refractivity contribution in [3.63, 3.8) is 0 Å². The van der Waals surface area contributed by atoms with Crippen molar-refractivity contribution < 1.29 is 9.47 Å². The first-order chi connectivity index (χ1) is 11.1. The summed E-state index contributed by atoms with van der Waals surface area (Å²) >= 11 is 1.70. The van der Waals surface area contributed by atoms with Gasteiger partial charge < -0.3 is 20.5 Å². The summed E-state index contributed by atoms with van der Waals surface area (Å²) in [6, 6.07) is 5.68. The molecule has 3 aromatic rings. The fraction of sp³-hybridized carbons (Fsp3) is 0.250. The van der Waals surface area contributed by atoms with Gasteiger partial charge in [0.2, 0.25) is 5.95 Å². The number of aryl methyl sites for hydroxylation is 1. The van der Waals surface area contributed by atoms with Crippen molar-refractivity contribution in [3.8, 4) is 11.5 Å². The minimum absolute atomic E-state index is 0.404. The second kappa shape index (κ2) is 6.29. The topological polar surface area (TPSA) is 82.3 Å². The number of aromatic nitrogens is 2. The van der Waals surface area contributed by atoms with Crippen LogP contribution < -0.4 is 20.5 Å². The SMILES string of the molecule is COc1cc2nc(NCc3sccc3C)nc(N)c2cc1OC. The summed E-state index contributed by atoms with van der Waals surface area (Å²) in [4.78, 5) is 10.1. The smallest absolute Gasteiger partial charge is 0.225 e. The molecule has 0 aliphatic rings. The van der Waals surface area contributed by atoms with Crippen LogP contribution in [0.2, 0.25) is 0 Å². The number of nitrogens with one attached hydrogen (secondary N) is 1. The third-order valence-electron chi connectivity index (χ3n) is 3.61. The summed E-state index contributed by atoms with van der Waals surface area (Å²) in [6.45, 7) is 2.75. The molecule has 0 fully saturated rings. The zero-order valence-corrected chi connectivity index (χ0v) is 14.0. The Morgan fingerprint density at radius 1 is 1.17 bits per heavy atom. The molecular formula is C16H18N4O2S. The van der Waals surface area contributed by atoms with Crippen molar-refractivity contribution in [1.82, 2.24) is 9.97 Å². The molecule has 120 valence electrons. The van der Waals surface area contributed by atoms with Crippen LogP contribution in [0.25, 0.3) is 10.9 Å². The Hall–Kier alpha value is -2.54. The Bertz CT molecular complexity index is 847. The third-order valence-corrected chi connectivity index (χ3v) is 4.63. The van der Waals surface area contributed by atoms with Gasteiger partial charge in [-0.2, -0.15) is 4.98 Å². The Morgan fingerprint density at radius 2 is 1.91 bits per heavy atom. The monoisotopic (exact) mass is 330 g/mol. The normalized spacial score (nSPS) is 10.7. The summed E-state index contributed by atoms with van der Waals surface area (Å²) in [5.74, 6) is 2.11. The Labute approximate surface area is 138 Å². The Kier molecular flexibility index (Phi) is 4.20. The Balaban J connectivity index is 1.95. The van der Waals surface area contributed by atoms with Crippen LogP contribution >= 0.6 is 11.3 Å². The maximum absolute atomic E-state index is 6.07. The Morgan fingerprint density at radius 3 is 2.57 bits per heavy atom. The van der Waals surface area contributed by atoms with Crippen LogP contribution in [0.3, 0.4) is 0 Å². The average molecular weight is 330 g/mol. The lowest BCUT2D eigenvalue weighted by Gasteiger charge is -2.11. The van der Waals surface area contributed by atoms with Crippen molar-refractivity contribution in [2.75, 3.05) is 25.3 Å². The maximum Gasteiger partial charge on any atom is 0.225 e. The van der Waals surface area contributed by atoms with Gasteiger partial charge in [0.15, 0.2) is 11.5 Å². The van der Waals surface area contributed by atoms with Gasteiger partial charge in [-0.15, -0.1) is 11.3 Å². The highest BCUT2D eigenvalue weighted by Crippen LogP contribution is 2.33. The molecule has 0 amide bonds. The number of thiophene rings is 1. The lowest BCUT2D eigenvalue weighted by Crippen LogP contribution is -2.06. The quantitative estimate of drug-likeness (QED) is 0.747. The summed E-state index contributed by atoms with van der Waals surface area (Å²) in [6.07, 6.45) is 0. The van der Waals surface area contributed by atoms with E-state index in [0.29, 0.717) is 35.3 Å². The van der Waals surface area contributed by atoms with E-state index >= 15 is 0 Å². The van der Waals surface area contributed by atoms with Gasteiger partial charge >= 0.3 is 0 Å². The molecule has 0 saturated heterocycles. The number of fused-ring (bicyclic) bond motifs is 1. The number of benzene rings is 1. The number of anilines is 2. The van der Waals surface area contributed by atoms with Crippen molar-refractivity contribution in [2.24, 2.45) is 0 Å². The molecule has 1 aromatic carbocycles. The number of hydrogen-bond acceptors (Lipinski definition) is 7. The van der Waals surface area contributed by atoms with E-state index in [0.717, 1.165) is 5.39 Å². The first-order valence-electron chi connectivity index (χ1n) is 7.08. The van der Waals surface area contributed by atoms with Crippen LogP contribution in [0.15, 0.2) is 23.6 Å². The fourth-order valence-corrected chi connectivity index (χ4v) is 3.15. The molecule has 0 bridgehead atoms. The molecule has 2 heterocycles. The van der Waals surface area contributed by atoms with Crippen LogP contribution in [0.5, 0.6) is 11.5 Å². The highest BCUT2D eigenvalue weighted by Gasteiger charge is 2.12. The number of ether oxygens (including phenoxy) is 2. The van der Waals surface area contributed by atoms with E-state index in [1.54, 1.807) is 37.7 Å². The van der Waals surface area contributed by atoms with E-state index in [1.807, 2.05) is 0 Å². The van der Waals surface area contributed by atoms with Gasteiger partial charge in [-0.1, -0.05) is 0 Å². The molecule has 23 heavy (non-hydrogen) atoms. The van der Waals surface area contributed by atoms with E-state index in [-0.39, 0.29) is 0 Å². The molecule has 3 N–H and O–H groups in total. The van der Waals surface area contributed by atoms with E-state index in [2.05, 4.69) is 33.7 Å². The summed E-state index contributed by atoms with van der Waals surface area (Å²) in [7, 11) is 3.17. The molecule has 0 saturated carbocycles. The third kappa shape index (κ3) is 3.00. The lowest BCUT2D eigenvalue weighted by molar-refractivity contribution is 0.356. The zero-order valence-electron chi connectivity index (χ0n) is 13.2. The molecule has 0 atom stereocenters. The molecule has 3 rings (SSSR count). The molecule has 2 aromatic heterocycles. The second-order valence-corrected chi connectivity index (χ2v) is 6.04. The van der Waals surface area contributed by atoms with Crippen LogP contribution in [0.4, 0.5) is 11.8 Å². The van der Waals surface area contributed by atoms with Crippen molar-refractivity contribution in [3.05, 3.63) is 34.0 Å². The first kappa shape index (κ1) is 15.4. The molecule has 6 nitrogen and oxygen atoms in total. The van der Waals surface area contributed by atoms with Crippen LogP contribution in [-0.4, -0.2) is 24.2 Å². The van der Waals surface area contributed by atoms with Crippen molar-refractivity contribution >= 4 is 34.0 Å². The molecular weight excluding hydrogens is 312 g/mol. The number of nitrogen functional groups attached to an aromatic ring is 1. The molecule has 0 radical (unpaired) electrons. The average Bonchev–Trinajstić information content (AvgIpc) is 2.97.